The van der Waals surface area contributed by atoms with Gasteiger partial charge in [0.05, 0.1) is 26.0 Å². The van der Waals surface area contributed by atoms with Crippen molar-refractivity contribution in [1.82, 2.24) is 15.0 Å². The zero-order valence-electron chi connectivity index (χ0n) is 15.2. The van der Waals surface area contributed by atoms with Crippen molar-refractivity contribution in [3.8, 4) is 0 Å². The van der Waals surface area contributed by atoms with Crippen LogP contribution in [0.15, 0.2) is 30.5 Å². The van der Waals surface area contributed by atoms with Crippen LogP contribution in [0.25, 0.3) is 0 Å². The maximum atomic E-state index is 13.4. The summed E-state index contributed by atoms with van der Waals surface area (Å²) >= 11 is 0. The Morgan fingerprint density at radius 2 is 1.70 bits per heavy atom. The summed E-state index contributed by atoms with van der Waals surface area (Å²) in [5, 5.41) is 18.8. The molecule has 1 aromatic heterocycles. The van der Waals surface area contributed by atoms with E-state index in [-0.39, 0.29) is 25.7 Å². The largest absolute Gasteiger partial charge is 0.383 e. The number of nitrogens with zero attached hydrogens (tertiary/aromatic N) is 4. The third-order valence-corrected chi connectivity index (χ3v) is 5.48. The summed E-state index contributed by atoms with van der Waals surface area (Å²) in [5.41, 5.74) is 1.30. The van der Waals surface area contributed by atoms with Crippen LogP contribution in [-0.4, -0.2) is 52.3 Å². The Hall–Kier alpha value is -2.06. The van der Waals surface area contributed by atoms with Crippen LogP contribution in [0.1, 0.15) is 36.9 Å². The van der Waals surface area contributed by atoms with Crippen molar-refractivity contribution in [2.24, 2.45) is 0 Å². The highest BCUT2D eigenvalue weighted by atomic mass is 19.3. The van der Waals surface area contributed by atoms with Gasteiger partial charge in [0, 0.05) is 31.6 Å². The first kappa shape index (κ1) is 18.3. The van der Waals surface area contributed by atoms with Crippen molar-refractivity contribution >= 4 is 5.69 Å². The standard InChI is InChI=1S/C19H24F2N4O2/c20-19(21)7-5-18(26,6-8-19)17-14-25(23-22-17)13-15-1-3-16(4-2-15)24-9-11-27-12-10-24/h1-4,14,26H,5-13H2. The first-order valence-corrected chi connectivity index (χ1v) is 9.36. The first-order valence-electron chi connectivity index (χ1n) is 9.36. The highest BCUT2D eigenvalue weighted by Gasteiger charge is 2.44. The molecule has 1 aromatic carbocycles. The third-order valence-electron chi connectivity index (χ3n) is 5.48. The highest BCUT2D eigenvalue weighted by Crippen LogP contribution is 2.42. The van der Waals surface area contributed by atoms with E-state index < -0.39 is 11.5 Å². The molecule has 2 heterocycles. The highest BCUT2D eigenvalue weighted by molar-refractivity contribution is 5.47. The summed E-state index contributed by atoms with van der Waals surface area (Å²) < 4.78 is 33.7. The molecule has 0 spiro atoms. The molecule has 0 amide bonds. The van der Waals surface area contributed by atoms with Gasteiger partial charge >= 0.3 is 0 Å². The lowest BCUT2D eigenvalue weighted by Gasteiger charge is -2.34. The lowest BCUT2D eigenvalue weighted by Crippen LogP contribution is -2.36. The Morgan fingerprint density at radius 1 is 1.04 bits per heavy atom. The number of hydrogen-bond acceptors (Lipinski definition) is 5. The van der Waals surface area contributed by atoms with Gasteiger partial charge in [0.2, 0.25) is 5.92 Å². The van der Waals surface area contributed by atoms with Gasteiger partial charge in [0.15, 0.2) is 0 Å². The third kappa shape index (κ3) is 4.11. The number of benzene rings is 1. The van der Waals surface area contributed by atoms with Gasteiger partial charge in [-0.05, 0) is 30.5 Å². The predicted molar refractivity (Wildman–Crippen MR) is 95.9 cm³/mol. The Kier molecular flexibility index (Phi) is 4.86. The number of hydrogen-bond donors (Lipinski definition) is 1. The number of rotatable bonds is 4. The zero-order chi connectivity index (χ0) is 18.9. The Morgan fingerprint density at radius 3 is 2.37 bits per heavy atom. The van der Waals surface area contributed by atoms with Crippen LogP contribution in [0.2, 0.25) is 0 Å². The van der Waals surface area contributed by atoms with Gasteiger partial charge in [0.25, 0.3) is 0 Å². The number of aliphatic hydroxyl groups is 1. The molecule has 0 atom stereocenters. The van der Waals surface area contributed by atoms with Crippen molar-refractivity contribution in [3.05, 3.63) is 41.7 Å². The summed E-state index contributed by atoms with van der Waals surface area (Å²) in [6, 6.07) is 8.24. The lowest BCUT2D eigenvalue weighted by molar-refractivity contribution is -0.108. The second-order valence-corrected chi connectivity index (χ2v) is 7.45. The number of anilines is 1. The van der Waals surface area contributed by atoms with E-state index >= 15 is 0 Å². The first-order chi connectivity index (χ1) is 12.9. The molecule has 146 valence electrons. The number of ether oxygens (including phenoxy) is 1. The molecule has 1 aliphatic heterocycles. The van der Waals surface area contributed by atoms with Gasteiger partial charge in [-0.2, -0.15) is 0 Å². The van der Waals surface area contributed by atoms with Crippen LogP contribution in [0.3, 0.4) is 0 Å². The Bertz CT molecular complexity index is 762. The molecule has 0 radical (unpaired) electrons. The summed E-state index contributed by atoms with van der Waals surface area (Å²) in [6.07, 6.45) is 1.04. The van der Waals surface area contributed by atoms with Crippen molar-refractivity contribution in [1.29, 1.82) is 0 Å². The summed E-state index contributed by atoms with van der Waals surface area (Å²) in [5.74, 6) is -2.69. The summed E-state index contributed by atoms with van der Waals surface area (Å²) in [6.45, 7) is 3.80. The van der Waals surface area contributed by atoms with Crippen LogP contribution < -0.4 is 4.90 Å². The molecule has 8 heteroatoms. The van der Waals surface area contributed by atoms with Crippen molar-refractivity contribution in [2.45, 2.75) is 43.8 Å². The molecule has 2 aliphatic rings. The molecule has 2 fully saturated rings. The zero-order valence-corrected chi connectivity index (χ0v) is 15.2. The van der Waals surface area contributed by atoms with Gasteiger partial charge in [0.1, 0.15) is 11.3 Å². The molecule has 2 aromatic rings. The second-order valence-electron chi connectivity index (χ2n) is 7.45. The summed E-state index contributed by atoms with van der Waals surface area (Å²) in [4.78, 5) is 2.29. The van der Waals surface area contributed by atoms with Crippen molar-refractivity contribution in [3.63, 3.8) is 0 Å². The average Bonchev–Trinajstić information content (AvgIpc) is 3.15. The van der Waals surface area contributed by atoms with Gasteiger partial charge < -0.3 is 14.7 Å². The van der Waals surface area contributed by atoms with Gasteiger partial charge in [-0.3, -0.25) is 0 Å². The molecule has 1 aliphatic carbocycles. The van der Waals surface area contributed by atoms with Crippen LogP contribution in [-0.2, 0) is 16.9 Å². The van der Waals surface area contributed by atoms with Crippen LogP contribution in [0.4, 0.5) is 14.5 Å². The maximum Gasteiger partial charge on any atom is 0.248 e. The SMILES string of the molecule is OC1(c2cn(Cc3ccc(N4CCOCC4)cc3)nn2)CCC(F)(F)CC1. The van der Waals surface area contributed by atoms with Crippen molar-refractivity contribution < 1.29 is 18.6 Å². The quantitative estimate of drug-likeness (QED) is 0.886. The second kappa shape index (κ2) is 7.16. The molecule has 0 unspecified atom stereocenters. The van der Waals surface area contributed by atoms with Crippen LogP contribution in [0.5, 0.6) is 0 Å². The topological polar surface area (TPSA) is 63.4 Å². The average molecular weight is 378 g/mol. The fourth-order valence-corrected chi connectivity index (χ4v) is 3.70. The smallest absolute Gasteiger partial charge is 0.248 e. The maximum absolute atomic E-state index is 13.4. The van der Waals surface area contributed by atoms with E-state index in [1.807, 2.05) is 12.1 Å². The van der Waals surface area contributed by atoms with Gasteiger partial charge in [-0.25, -0.2) is 13.5 Å². The molecule has 1 saturated heterocycles. The molecule has 27 heavy (non-hydrogen) atoms. The number of alkyl halides is 2. The van der Waals surface area contributed by atoms with E-state index in [2.05, 4.69) is 27.3 Å². The fourth-order valence-electron chi connectivity index (χ4n) is 3.70. The van der Waals surface area contributed by atoms with Crippen LogP contribution in [0, 0.1) is 0 Å². The van der Waals surface area contributed by atoms with Gasteiger partial charge in [-0.1, -0.05) is 17.3 Å². The van der Waals surface area contributed by atoms with E-state index in [9.17, 15) is 13.9 Å². The predicted octanol–water partition coefficient (Wildman–Crippen LogP) is 2.56. The summed E-state index contributed by atoms with van der Waals surface area (Å²) in [7, 11) is 0. The lowest BCUT2D eigenvalue weighted by atomic mass is 9.81. The minimum Gasteiger partial charge on any atom is -0.383 e. The van der Waals surface area contributed by atoms with Crippen LogP contribution >= 0.6 is 0 Å². The molecular weight excluding hydrogens is 354 g/mol. The van der Waals surface area contributed by atoms with Gasteiger partial charge in [-0.15, -0.1) is 5.10 Å². The minimum absolute atomic E-state index is 0.00688. The van der Waals surface area contributed by atoms with E-state index in [0.717, 1.165) is 31.9 Å². The van der Waals surface area contributed by atoms with E-state index in [0.29, 0.717) is 12.2 Å². The molecule has 1 N–H and O–H groups in total. The molecule has 6 nitrogen and oxygen atoms in total. The molecule has 1 saturated carbocycles. The molecular formula is C19H24F2N4O2. The molecule has 0 bridgehead atoms. The Balaban J connectivity index is 1.40. The fraction of sp³-hybridized carbons (Fsp3) is 0.579. The normalized spacial score (nSPS) is 22.0. The molecule has 4 rings (SSSR count). The number of morpholine rings is 1. The van der Waals surface area contributed by atoms with E-state index in [1.54, 1.807) is 10.9 Å². The van der Waals surface area contributed by atoms with E-state index in [1.165, 1.54) is 5.69 Å². The van der Waals surface area contributed by atoms with Crippen molar-refractivity contribution in [2.75, 3.05) is 31.2 Å². The van der Waals surface area contributed by atoms with E-state index in [4.69, 9.17) is 4.74 Å². The minimum atomic E-state index is -2.69. The number of halogens is 2. The monoisotopic (exact) mass is 378 g/mol. The Labute approximate surface area is 156 Å². The number of aromatic nitrogens is 3.